The Bertz CT molecular complexity index is 1350. The van der Waals surface area contributed by atoms with Crippen molar-refractivity contribution in [2.24, 2.45) is 5.18 Å². The van der Waals surface area contributed by atoms with E-state index in [2.05, 4.69) is 50.2 Å². The Morgan fingerprint density at radius 2 is 1.67 bits per heavy atom. The van der Waals surface area contributed by atoms with Crippen molar-refractivity contribution in [1.29, 1.82) is 0 Å². The molecular formula is C33H39N5O4. The van der Waals surface area contributed by atoms with Crippen LogP contribution in [0, 0.1) is 11.8 Å². The van der Waals surface area contributed by atoms with E-state index in [4.69, 9.17) is 14.5 Å². The monoisotopic (exact) mass is 569 g/mol. The molecule has 0 N–H and O–H groups in total. The van der Waals surface area contributed by atoms with Crippen molar-refractivity contribution in [2.45, 2.75) is 63.8 Å². The van der Waals surface area contributed by atoms with E-state index in [1.165, 1.54) is 11.1 Å². The van der Waals surface area contributed by atoms with Gasteiger partial charge in [-0.15, -0.1) is 0 Å². The van der Waals surface area contributed by atoms with E-state index in [9.17, 15) is 9.70 Å². The highest BCUT2D eigenvalue weighted by molar-refractivity contribution is 5.78. The van der Waals surface area contributed by atoms with E-state index in [-0.39, 0.29) is 30.7 Å². The summed E-state index contributed by atoms with van der Waals surface area (Å²) in [7, 11) is 0. The Morgan fingerprint density at radius 3 is 2.36 bits per heavy atom. The van der Waals surface area contributed by atoms with E-state index in [1.807, 2.05) is 43.3 Å². The number of ether oxygens (including phenoxy) is 2. The van der Waals surface area contributed by atoms with Gasteiger partial charge in [0.15, 0.2) is 0 Å². The number of amides is 2. The van der Waals surface area contributed by atoms with E-state index in [0.717, 1.165) is 76.3 Å². The Morgan fingerprint density at radius 1 is 0.929 bits per heavy atom. The standard InChI is InChI=1S/C33H39N5O4/c1-24-27(9-12-32(35-24)42-30-10-7-25(8-11-30)21-34-40)22-36-17-13-29(14-18-36)38-31(26-5-3-2-4-6-26)23-37(33(38)39)28-15-19-41-20-16-28/h2-12,28-29,31H,13-23H2,1H3/t31-/m0/s1. The highest BCUT2D eigenvalue weighted by atomic mass is 16.5. The SMILES string of the molecule is Cc1nc(Oc2ccc(CN=O)cc2)ccc1CN1CCC(N2C(=O)N(C3CCOCC3)C[C@H]2c2ccccc2)CC1. The van der Waals surface area contributed by atoms with Gasteiger partial charge in [-0.25, -0.2) is 9.78 Å². The third-order valence-electron chi connectivity index (χ3n) is 8.89. The number of aromatic nitrogens is 1. The first-order chi connectivity index (χ1) is 20.6. The molecule has 3 fully saturated rings. The highest BCUT2D eigenvalue weighted by Crippen LogP contribution is 2.37. The minimum absolute atomic E-state index is 0.0926. The zero-order valence-corrected chi connectivity index (χ0v) is 24.2. The summed E-state index contributed by atoms with van der Waals surface area (Å²) in [4.78, 5) is 35.8. The number of aryl methyl sites for hydroxylation is 1. The van der Waals surface area contributed by atoms with Crippen molar-refractivity contribution < 1.29 is 14.3 Å². The molecule has 0 radical (unpaired) electrons. The van der Waals surface area contributed by atoms with Crippen LogP contribution in [0.2, 0.25) is 0 Å². The molecule has 3 aliphatic heterocycles. The second-order valence-corrected chi connectivity index (χ2v) is 11.5. The molecule has 0 bridgehead atoms. The molecule has 4 heterocycles. The molecule has 3 saturated heterocycles. The van der Waals surface area contributed by atoms with Crippen molar-refractivity contribution in [2.75, 3.05) is 32.8 Å². The fourth-order valence-corrected chi connectivity index (χ4v) is 6.53. The van der Waals surface area contributed by atoms with Gasteiger partial charge in [0.25, 0.3) is 0 Å². The van der Waals surface area contributed by atoms with Crippen molar-refractivity contribution in [1.82, 2.24) is 19.7 Å². The number of nitroso groups, excluding NO2 is 1. The molecule has 9 nitrogen and oxygen atoms in total. The third-order valence-corrected chi connectivity index (χ3v) is 8.89. The summed E-state index contributed by atoms with van der Waals surface area (Å²) in [6.45, 7) is 7.10. The van der Waals surface area contributed by atoms with Gasteiger partial charge in [-0.05, 0) is 61.4 Å². The van der Waals surface area contributed by atoms with Crippen molar-refractivity contribution in [3.63, 3.8) is 0 Å². The van der Waals surface area contributed by atoms with Gasteiger partial charge in [-0.3, -0.25) is 4.90 Å². The number of rotatable bonds is 9. The van der Waals surface area contributed by atoms with Crippen LogP contribution >= 0.6 is 0 Å². The van der Waals surface area contributed by atoms with Gasteiger partial charge in [0.1, 0.15) is 12.3 Å². The van der Waals surface area contributed by atoms with Crippen molar-refractivity contribution in [3.8, 4) is 11.6 Å². The lowest BCUT2D eigenvalue weighted by atomic mass is 9.98. The molecule has 0 saturated carbocycles. The van der Waals surface area contributed by atoms with E-state index >= 15 is 0 Å². The molecular weight excluding hydrogens is 530 g/mol. The number of piperidine rings is 1. The molecule has 220 valence electrons. The maximum atomic E-state index is 13.9. The molecule has 42 heavy (non-hydrogen) atoms. The van der Waals surface area contributed by atoms with Crippen LogP contribution in [0.15, 0.2) is 71.9 Å². The minimum atomic E-state index is 0.0926. The molecule has 3 aliphatic rings. The van der Waals surface area contributed by atoms with Crippen LogP contribution in [0.1, 0.15) is 54.1 Å². The largest absolute Gasteiger partial charge is 0.439 e. The average molecular weight is 570 g/mol. The molecule has 1 atom stereocenters. The lowest BCUT2D eigenvalue weighted by Crippen LogP contribution is -2.48. The van der Waals surface area contributed by atoms with Gasteiger partial charge >= 0.3 is 6.03 Å². The number of nitrogens with zero attached hydrogens (tertiary/aromatic N) is 5. The summed E-state index contributed by atoms with van der Waals surface area (Å²) in [6.07, 6.45) is 3.75. The fraction of sp³-hybridized carbons (Fsp3) is 0.455. The number of urea groups is 1. The Balaban J connectivity index is 1.08. The predicted molar refractivity (Wildman–Crippen MR) is 160 cm³/mol. The first kappa shape index (κ1) is 28.3. The van der Waals surface area contributed by atoms with Crippen LogP contribution < -0.4 is 4.74 Å². The Labute approximate surface area is 247 Å². The molecule has 2 amide bonds. The number of carbonyl (C=O) groups is 1. The molecule has 1 aromatic heterocycles. The van der Waals surface area contributed by atoms with Gasteiger partial charge in [0.2, 0.25) is 5.88 Å². The second-order valence-electron chi connectivity index (χ2n) is 11.5. The number of hydrogen-bond acceptors (Lipinski definition) is 7. The van der Waals surface area contributed by atoms with Gasteiger partial charge in [-0.1, -0.05) is 53.7 Å². The first-order valence-corrected chi connectivity index (χ1v) is 15.1. The lowest BCUT2D eigenvalue weighted by Gasteiger charge is -2.39. The molecule has 9 heteroatoms. The van der Waals surface area contributed by atoms with E-state index < -0.39 is 0 Å². The summed E-state index contributed by atoms with van der Waals surface area (Å²) < 4.78 is 11.5. The van der Waals surface area contributed by atoms with E-state index in [1.54, 1.807) is 0 Å². The topological polar surface area (TPSA) is 87.6 Å². The summed E-state index contributed by atoms with van der Waals surface area (Å²) >= 11 is 0. The number of hydrogen-bond donors (Lipinski definition) is 0. The van der Waals surface area contributed by atoms with Gasteiger partial charge in [0.05, 0.1) is 6.04 Å². The number of benzene rings is 2. The molecule has 6 rings (SSSR count). The first-order valence-electron chi connectivity index (χ1n) is 15.1. The fourth-order valence-electron chi connectivity index (χ4n) is 6.53. The van der Waals surface area contributed by atoms with Crippen LogP contribution in [0.4, 0.5) is 4.79 Å². The van der Waals surface area contributed by atoms with Crippen LogP contribution in [-0.4, -0.2) is 70.6 Å². The van der Waals surface area contributed by atoms with Crippen LogP contribution in [0.5, 0.6) is 11.6 Å². The van der Waals surface area contributed by atoms with Gasteiger partial charge in [0, 0.05) is 63.2 Å². The van der Waals surface area contributed by atoms with Gasteiger partial charge < -0.3 is 19.3 Å². The average Bonchev–Trinajstić information content (AvgIpc) is 3.38. The maximum absolute atomic E-state index is 13.9. The van der Waals surface area contributed by atoms with Gasteiger partial charge in [-0.2, -0.15) is 4.91 Å². The lowest BCUT2D eigenvalue weighted by molar-refractivity contribution is 0.0493. The molecule has 0 spiro atoms. The Hall–Kier alpha value is -3.82. The normalized spacial score (nSPS) is 20.7. The second kappa shape index (κ2) is 13.0. The Kier molecular flexibility index (Phi) is 8.76. The predicted octanol–water partition coefficient (Wildman–Crippen LogP) is 6.07. The minimum Gasteiger partial charge on any atom is -0.439 e. The quantitative estimate of drug-likeness (QED) is 0.291. The summed E-state index contributed by atoms with van der Waals surface area (Å²) in [5.41, 5.74) is 4.20. The molecule has 3 aromatic rings. The number of likely N-dealkylation sites (tertiary alicyclic amines) is 1. The maximum Gasteiger partial charge on any atom is 0.321 e. The summed E-state index contributed by atoms with van der Waals surface area (Å²) in [6, 6.07) is 22.6. The zero-order chi connectivity index (χ0) is 28.9. The zero-order valence-electron chi connectivity index (χ0n) is 24.2. The molecule has 0 unspecified atom stereocenters. The van der Waals surface area contributed by atoms with Crippen LogP contribution in [0.25, 0.3) is 0 Å². The number of pyridine rings is 1. The summed E-state index contributed by atoms with van der Waals surface area (Å²) in [5, 5.41) is 2.92. The summed E-state index contributed by atoms with van der Waals surface area (Å²) in [5.74, 6) is 1.22. The van der Waals surface area contributed by atoms with Crippen LogP contribution in [0.3, 0.4) is 0 Å². The highest BCUT2D eigenvalue weighted by Gasteiger charge is 2.45. The smallest absolute Gasteiger partial charge is 0.321 e. The number of carbonyl (C=O) groups excluding carboxylic acids is 1. The van der Waals surface area contributed by atoms with Crippen molar-refractivity contribution >= 4 is 6.03 Å². The van der Waals surface area contributed by atoms with E-state index in [0.29, 0.717) is 11.6 Å². The van der Waals surface area contributed by atoms with Crippen LogP contribution in [-0.2, 0) is 17.8 Å². The van der Waals surface area contributed by atoms with Crippen molar-refractivity contribution in [3.05, 3.63) is 94.0 Å². The molecule has 2 aromatic carbocycles. The molecule has 0 aliphatic carbocycles. The third kappa shape index (κ3) is 6.32.